The van der Waals surface area contributed by atoms with Crippen molar-refractivity contribution in [2.24, 2.45) is 0 Å². The van der Waals surface area contributed by atoms with Gasteiger partial charge in [0.2, 0.25) is 0 Å². The molecule has 3 aromatic rings. The van der Waals surface area contributed by atoms with Gasteiger partial charge >= 0.3 is 0 Å². The lowest BCUT2D eigenvalue weighted by Crippen LogP contribution is -2.49. The fraction of sp³-hybridized carbons (Fsp3) is 0.567. The molecular formula is C30H43N5OS. The smallest absolute Gasteiger partial charge is 0.0838 e. The van der Waals surface area contributed by atoms with Crippen LogP contribution in [0.25, 0.3) is 21.5 Å². The minimum Gasteiger partial charge on any atom is -0.384 e. The number of fused-ring (bicyclic) bond motifs is 1. The Labute approximate surface area is 226 Å². The minimum absolute atomic E-state index is 0.756. The van der Waals surface area contributed by atoms with Gasteiger partial charge in [-0.1, -0.05) is 38.1 Å². The summed E-state index contributed by atoms with van der Waals surface area (Å²) in [5, 5.41) is 5.90. The van der Waals surface area contributed by atoms with Crippen LogP contribution < -0.4 is 5.32 Å². The van der Waals surface area contributed by atoms with Crippen LogP contribution in [0.2, 0.25) is 0 Å². The summed E-state index contributed by atoms with van der Waals surface area (Å²) in [6.45, 7) is 16.2. The summed E-state index contributed by atoms with van der Waals surface area (Å²) < 4.78 is 6.79. The number of nitrogens with zero attached hydrogens (tertiary/aromatic N) is 4. The van der Waals surface area contributed by atoms with Crippen molar-refractivity contribution in [2.75, 3.05) is 70.9 Å². The van der Waals surface area contributed by atoms with Gasteiger partial charge in [0.05, 0.1) is 34.8 Å². The number of likely N-dealkylation sites (tertiary alicyclic amines) is 1. The van der Waals surface area contributed by atoms with E-state index in [1.54, 1.807) is 11.3 Å². The van der Waals surface area contributed by atoms with E-state index in [1.807, 2.05) is 0 Å². The molecule has 4 heterocycles. The van der Waals surface area contributed by atoms with Crippen molar-refractivity contribution < 1.29 is 4.74 Å². The van der Waals surface area contributed by atoms with E-state index in [-0.39, 0.29) is 0 Å². The number of morpholine rings is 1. The van der Waals surface area contributed by atoms with Crippen LogP contribution in [0, 0.1) is 0 Å². The van der Waals surface area contributed by atoms with E-state index in [0.717, 1.165) is 76.2 Å². The first-order valence-electron chi connectivity index (χ1n) is 14.2. The highest BCUT2D eigenvalue weighted by molar-refractivity contribution is 7.17. The number of pyridine rings is 1. The molecule has 1 N–H and O–H groups in total. The SMILES string of the molecule is CCN(CC)Cc1ccc(-c2cc(NCCCN3CCC(N4CCOCC4)CC3)c3sccc3n2)cc1. The van der Waals surface area contributed by atoms with Crippen LogP contribution in [0.1, 0.15) is 38.7 Å². The number of benzene rings is 1. The van der Waals surface area contributed by atoms with Gasteiger partial charge in [-0.3, -0.25) is 9.80 Å². The summed E-state index contributed by atoms with van der Waals surface area (Å²) in [5.41, 5.74) is 5.89. The van der Waals surface area contributed by atoms with Crippen LogP contribution in [-0.4, -0.2) is 91.3 Å². The molecule has 5 rings (SSSR count). The van der Waals surface area contributed by atoms with Gasteiger partial charge in [-0.25, -0.2) is 4.98 Å². The molecule has 7 heteroatoms. The van der Waals surface area contributed by atoms with Crippen LogP contribution in [0.15, 0.2) is 41.8 Å². The first-order valence-corrected chi connectivity index (χ1v) is 15.1. The van der Waals surface area contributed by atoms with Gasteiger partial charge in [-0.05, 0) is 75.1 Å². The number of rotatable bonds is 11. The molecular weight excluding hydrogens is 478 g/mol. The molecule has 2 saturated heterocycles. The molecule has 0 bridgehead atoms. The second-order valence-corrected chi connectivity index (χ2v) is 11.3. The summed E-state index contributed by atoms with van der Waals surface area (Å²) in [4.78, 5) is 12.7. The lowest BCUT2D eigenvalue weighted by molar-refractivity contribution is 0.000914. The lowest BCUT2D eigenvalue weighted by atomic mass is 10.0. The quantitative estimate of drug-likeness (QED) is 0.341. The zero-order chi connectivity index (χ0) is 25.5. The first-order chi connectivity index (χ1) is 18.2. The highest BCUT2D eigenvalue weighted by Crippen LogP contribution is 2.32. The summed E-state index contributed by atoms with van der Waals surface area (Å²) in [5.74, 6) is 0. The molecule has 0 spiro atoms. The van der Waals surface area contributed by atoms with E-state index >= 15 is 0 Å². The van der Waals surface area contributed by atoms with Gasteiger partial charge in [0.25, 0.3) is 0 Å². The van der Waals surface area contributed by atoms with Crippen molar-refractivity contribution in [3.63, 3.8) is 0 Å². The number of nitrogens with one attached hydrogen (secondary N) is 1. The number of piperidine rings is 1. The Morgan fingerprint density at radius 3 is 2.51 bits per heavy atom. The van der Waals surface area contributed by atoms with E-state index in [9.17, 15) is 0 Å². The molecule has 6 nitrogen and oxygen atoms in total. The molecule has 0 radical (unpaired) electrons. The van der Waals surface area contributed by atoms with Crippen molar-refractivity contribution in [3.05, 3.63) is 47.3 Å². The third-order valence-corrected chi connectivity index (χ3v) is 8.98. The summed E-state index contributed by atoms with van der Waals surface area (Å²) >= 11 is 1.78. The van der Waals surface area contributed by atoms with Crippen LogP contribution >= 0.6 is 11.3 Å². The molecule has 0 aliphatic carbocycles. The maximum atomic E-state index is 5.53. The molecule has 0 saturated carbocycles. The Morgan fingerprint density at radius 1 is 1.03 bits per heavy atom. The average Bonchev–Trinajstić information content (AvgIpc) is 3.44. The topological polar surface area (TPSA) is 43.9 Å². The third-order valence-electron chi connectivity index (χ3n) is 8.05. The number of ether oxygens (including phenoxy) is 1. The molecule has 2 aromatic heterocycles. The van der Waals surface area contributed by atoms with E-state index in [0.29, 0.717) is 0 Å². The predicted molar refractivity (Wildman–Crippen MR) is 157 cm³/mol. The summed E-state index contributed by atoms with van der Waals surface area (Å²) in [7, 11) is 0. The zero-order valence-corrected chi connectivity index (χ0v) is 23.4. The Bertz CT molecular complexity index is 1100. The van der Waals surface area contributed by atoms with E-state index in [2.05, 4.69) is 75.6 Å². The largest absolute Gasteiger partial charge is 0.384 e. The van der Waals surface area contributed by atoms with Gasteiger partial charge in [0, 0.05) is 37.8 Å². The molecule has 37 heavy (non-hydrogen) atoms. The fourth-order valence-electron chi connectivity index (χ4n) is 5.70. The number of hydrogen-bond acceptors (Lipinski definition) is 7. The zero-order valence-electron chi connectivity index (χ0n) is 22.6. The van der Waals surface area contributed by atoms with Crippen molar-refractivity contribution in [1.29, 1.82) is 0 Å². The van der Waals surface area contributed by atoms with Gasteiger partial charge in [-0.15, -0.1) is 11.3 Å². The van der Waals surface area contributed by atoms with Crippen molar-refractivity contribution in [1.82, 2.24) is 19.7 Å². The number of hydrogen-bond donors (Lipinski definition) is 1. The fourth-order valence-corrected chi connectivity index (χ4v) is 6.52. The van der Waals surface area contributed by atoms with Crippen LogP contribution in [0.3, 0.4) is 0 Å². The highest BCUT2D eigenvalue weighted by atomic mass is 32.1. The van der Waals surface area contributed by atoms with Crippen molar-refractivity contribution >= 4 is 27.2 Å². The molecule has 2 aliphatic heterocycles. The second kappa shape index (κ2) is 13.2. The number of anilines is 1. The Kier molecular flexibility index (Phi) is 9.45. The molecule has 0 amide bonds. The number of aromatic nitrogens is 1. The molecule has 0 unspecified atom stereocenters. The molecule has 0 atom stereocenters. The van der Waals surface area contributed by atoms with E-state index in [1.165, 1.54) is 54.0 Å². The van der Waals surface area contributed by atoms with Crippen LogP contribution in [-0.2, 0) is 11.3 Å². The first kappa shape index (κ1) is 26.6. The molecule has 1 aromatic carbocycles. The average molecular weight is 522 g/mol. The monoisotopic (exact) mass is 521 g/mol. The Morgan fingerprint density at radius 2 is 1.78 bits per heavy atom. The predicted octanol–water partition coefficient (Wildman–Crippen LogP) is 5.40. The van der Waals surface area contributed by atoms with Gasteiger partial charge in [0.15, 0.2) is 0 Å². The lowest BCUT2D eigenvalue weighted by Gasteiger charge is -2.40. The summed E-state index contributed by atoms with van der Waals surface area (Å²) in [6, 6.07) is 14.1. The van der Waals surface area contributed by atoms with Crippen LogP contribution in [0.5, 0.6) is 0 Å². The second-order valence-electron chi connectivity index (χ2n) is 10.3. The third kappa shape index (κ3) is 6.89. The normalized spacial score (nSPS) is 18.1. The van der Waals surface area contributed by atoms with Gasteiger partial charge < -0.3 is 15.0 Å². The standard InChI is InChI=1S/C30H43N5OS/c1-3-33(4-2)23-24-6-8-25(9-7-24)28-22-29(30-27(32-28)12-21-37-30)31-13-5-14-34-15-10-26(11-16-34)35-17-19-36-20-18-35/h6-9,12,21-22,26H,3-5,10-11,13-20,23H2,1-2H3,(H,31,32). The van der Waals surface area contributed by atoms with Gasteiger partial charge in [0.1, 0.15) is 0 Å². The Hall–Kier alpha value is -2.03. The molecule has 200 valence electrons. The van der Waals surface area contributed by atoms with Crippen molar-refractivity contribution in [2.45, 2.75) is 45.7 Å². The van der Waals surface area contributed by atoms with Crippen LogP contribution in [0.4, 0.5) is 5.69 Å². The van der Waals surface area contributed by atoms with Gasteiger partial charge in [-0.2, -0.15) is 0 Å². The maximum absolute atomic E-state index is 5.53. The number of thiophene rings is 1. The molecule has 2 aliphatic rings. The highest BCUT2D eigenvalue weighted by Gasteiger charge is 2.25. The molecule has 2 fully saturated rings. The van der Waals surface area contributed by atoms with Crippen molar-refractivity contribution in [3.8, 4) is 11.3 Å². The minimum atomic E-state index is 0.756. The Balaban J connectivity index is 1.14. The van der Waals surface area contributed by atoms with E-state index in [4.69, 9.17) is 9.72 Å². The summed E-state index contributed by atoms with van der Waals surface area (Å²) in [6.07, 6.45) is 3.75. The maximum Gasteiger partial charge on any atom is 0.0838 e. The van der Waals surface area contributed by atoms with E-state index < -0.39 is 0 Å².